The average molecular weight is 352 g/mol. The molecule has 1 aromatic heterocycles. The van der Waals surface area contributed by atoms with Gasteiger partial charge in [-0.2, -0.15) is 0 Å². The van der Waals surface area contributed by atoms with Crippen LogP contribution in [0.5, 0.6) is 0 Å². The maximum absolute atomic E-state index is 11.9. The van der Waals surface area contributed by atoms with E-state index >= 15 is 0 Å². The summed E-state index contributed by atoms with van der Waals surface area (Å²) in [6.07, 6.45) is 3.39. The molecular formula is C14H22ClNO3S2. The molecule has 0 bridgehead atoms. The molecule has 0 aliphatic carbocycles. The standard InChI is InChI=1S/C14H22ClNO3S2/c1-10(2)5-4-6-11(3)16-13(17)9-12-7-8-14(20-12)21(15,18)19/h7-8,10-11H,4-6,9H2,1-3H3,(H,16,17). The molecule has 1 atom stereocenters. The molecule has 0 fully saturated rings. The van der Waals surface area contributed by atoms with Crippen LogP contribution in [0.25, 0.3) is 0 Å². The molecule has 0 aliphatic heterocycles. The van der Waals surface area contributed by atoms with Crippen LogP contribution in [0.2, 0.25) is 0 Å². The van der Waals surface area contributed by atoms with E-state index in [1.54, 1.807) is 6.07 Å². The highest BCUT2D eigenvalue weighted by Gasteiger charge is 2.15. The Morgan fingerprint density at radius 1 is 1.29 bits per heavy atom. The predicted octanol–water partition coefficient (Wildman–Crippen LogP) is 3.55. The molecule has 1 unspecified atom stereocenters. The van der Waals surface area contributed by atoms with Gasteiger partial charge < -0.3 is 5.32 Å². The van der Waals surface area contributed by atoms with Crippen LogP contribution >= 0.6 is 22.0 Å². The quantitative estimate of drug-likeness (QED) is 0.728. The van der Waals surface area contributed by atoms with Crippen LogP contribution in [0.3, 0.4) is 0 Å². The van der Waals surface area contributed by atoms with E-state index in [-0.39, 0.29) is 22.6 Å². The minimum atomic E-state index is -3.70. The van der Waals surface area contributed by atoms with Gasteiger partial charge in [0.25, 0.3) is 9.05 Å². The molecule has 120 valence electrons. The molecule has 21 heavy (non-hydrogen) atoms. The normalized spacial score (nSPS) is 13.4. The second-order valence-corrected chi connectivity index (χ2v) is 9.59. The number of amides is 1. The molecule has 7 heteroatoms. The lowest BCUT2D eigenvalue weighted by Gasteiger charge is -2.14. The van der Waals surface area contributed by atoms with E-state index in [2.05, 4.69) is 19.2 Å². The van der Waals surface area contributed by atoms with E-state index in [0.29, 0.717) is 10.8 Å². The molecule has 1 N–H and O–H groups in total. The number of halogens is 1. The fourth-order valence-corrected chi connectivity index (χ4v) is 4.09. The van der Waals surface area contributed by atoms with Crippen LogP contribution in [-0.4, -0.2) is 20.4 Å². The van der Waals surface area contributed by atoms with Gasteiger partial charge in [-0.3, -0.25) is 4.79 Å². The Hall–Kier alpha value is -0.590. The Morgan fingerprint density at radius 2 is 1.95 bits per heavy atom. The van der Waals surface area contributed by atoms with Crippen molar-refractivity contribution in [3.05, 3.63) is 17.0 Å². The maximum Gasteiger partial charge on any atom is 0.270 e. The largest absolute Gasteiger partial charge is 0.353 e. The highest BCUT2D eigenvalue weighted by Crippen LogP contribution is 2.25. The number of carbonyl (C=O) groups excluding carboxylic acids is 1. The topological polar surface area (TPSA) is 63.2 Å². The van der Waals surface area contributed by atoms with E-state index in [9.17, 15) is 13.2 Å². The Bertz CT molecular complexity index is 567. The monoisotopic (exact) mass is 351 g/mol. The van der Waals surface area contributed by atoms with Crippen LogP contribution in [0.4, 0.5) is 0 Å². The molecule has 4 nitrogen and oxygen atoms in total. The number of carbonyl (C=O) groups is 1. The molecule has 1 aromatic rings. The van der Waals surface area contributed by atoms with Gasteiger partial charge in [-0.05, 0) is 31.4 Å². The molecule has 0 spiro atoms. The predicted molar refractivity (Wildman–Crippen MR) is 87.4 cm³/mol. The van der Waals surface area contributed by atoms with Gasteiger partial charge >= 0.3 is 0 Å². The summed E-state index contributed by atoms with van der Waals surface area (Å²) in [6, 6.07) is 3.19. The van der Waals surface area contributed by atoms with Crippen LogP contribution in [-0.2, 0) is 20.3 Å². The zero-order valence-electron chi connectivity index (χ0n) is 12.6. The Morgan fingerprint density at radius 3 is 2.48 bits per heavy atom. The van der Waals surface area contributed by atoms with Crippen LogP contribution < -0.4 is 5.32 Å². The van der Waals surface area contributed by atoms with E-state index in [0.717, 1.165) is 30.6 Å². The Labute approximate surface area is 135 Å². The summed E-state index contributed by atoms with van der Waals surface area (Å²) in [4.78, 5) is 12.6. The summed E-state index contributed by atoms with van der Waals surface area (Å²) in [5.74, 6) is 0.586. The van der Waals surface area contributed by atoms with Crippen molar-refractivity contribution in [1.82, 2.24) is 5.32 Å². The second kappa shape index (κ2) is 8.15. The lowest BCUT2D eigenvalue weighted by molar-refractivity contribution is -0.121. The number of rotatable bonds is 8. The number of hydrogen-bond acceptors (Lipinski definition) is 4. The van der Waals surface area contributed by atoms with Crippen molar-refractivity contribution in [3.63, 3.8) is 0 Å². The molecule has 1 amide bonds. The molecule has 0 aliphatic rings. The third kappa shape index (κ3) is 7.29. The van der Waals surface area contributed by atoms with Gasteiger partial charge in [0.05, 0.1) is 6.42 Å². The van der Waals surface area contributed by atoms with Gasteiger partial charge in [0.1, 0.15) is 4.21 Å². The third-order valence-corrected chi connectivity index (χ3v) is 6.22. The third-order valence-electron chi connectivity index (χ3n) is 3.04. The lowest BCUT2D eigenvalue weighted by atomic mass is 10.0. The van der Waals surface area contributed by atoms with Crippen molar-refractivity contribution in [2.75, 3.05) is 0 Å². The first kappa shape index (κ1) is 18.5. The number of hydrogen-bond donors (Lipinski definition) is 1. The number of nitrogens with one attached hydrogen (secondary N) is 1. The second-order valence-electron chi connectivity index (χ2n) is 5.63. The summed E-state index contributed by atoms with van der Waals surface area (Å²) >= 11 is 1.04. The SMILES string of the molecule is CC(C)CCCC(C)NC(=O)Cc1ccc(S(=O)(=O)Cl)s1. The molecule has 0 saturated carbocycles. The first-order chi connectivity index (χ1) is 9.68. The summed E-state index contributed by atoms with van der Waals surface area (Å²) in [6.45, 7) is 6.35. The van der Waals surface area contributed by atoms with Gasteiger partial charge in [0.2, 0.25) is 5.91 Å². The molecule has 0 aromatic carbocycles. The zero-order valence-corrected chi connectivity index (χ0v) is 14.9. The van der Waals surface area contributed by atoms with E-state index < -0.39 is 9.05 Å². The zero-order chi connectivity index (χ0) is 16.0. The first-order valence-corrected chi connectivity index (χ1v) is 10.1. The van der Waals surface area contributed by atoms with Gasteiger partial charge in [-0.15, -0.1) is 11.3 Å². The molecular weight excluding hydrogens is 330 g/mol. The Balaban J connectivity index is 2.41. The summed E-state index contributed by atoms with van der Waals surface area (Å²) in [5, 5.41) is 2.94. The highest BCUT2D eigenvalue weighted by atomic mass is 35.7. The van der Waals surface area contributed by atoms with Crippen molar-refractivity contribution in [3.8, 4) is 0 Å². The van der Waals surface area contributed by atoms with Crippen molar-refractivity contribution >= 4 is 37.0 Å². The van der Waals surface area contributed by atoms with Crippen LogP contribution in [0.15, 0.2) is 16.3 Å². The molecule has 1 heterocycles. The molecule has 0 radical (unpaired) electrons. The van der Waals surface area contributed by atoms with Gasteiger partial charge in [0.15, 0.2) is 0 Å². The molecule has 0 saturated heterocycles. The van der Waals surface area contributed by atoms with Crippen LogP contribution in [0, 0.1) is 5.92 Å². The summed E-state index contributed by atoms with van der Waals surface area (Å²) in [5.41, 5.74) is 0. The average Bonchev–Trinajstić information content (AvgIpc) is 2.76. The van der Waals surface area contributed by atoms with E-state index in [1.165, 1.54) is 6.07 Å². The smallest absolute Gasteiger partial charge is 0.270 e. The maximum atomic E-state index is 11.9. The fourth-order valence-electron chi connectivity index (χ4n) is 1.97. The minimum absolute atomic E-state index is 0.0805. The first-order valence-electron chi connectivity index (χ1n) is 7.01. The van der Waals surface area contributed by atoms with Crippen molar-refractivity contribution < 1.29 is 13.2 Å². The minimum Gasteiger partial charge on any atom is -0.353 e. The van der Waals surface area contributed by atoms with Crippen molar-refractivity contribution in [2.45, 2.75) is 56.7 Å². The lowest BCUT2D eigenvalue weighted by Crippen LogP contribution is -2.33. The van der Waals surface area contributed by atoms with Crippen molar-refractivity contribution in [2.24, 2.45) is 5.92 Å². The van der Waals surface area contributed by atoms with Gasteiger partial charge in [-0.25, -0.2) is 8.42 Å². The van der Waals surface area contributed by atoms with Crippen molar-refractivity contribution in [1.29, 1.82) is 0 Å². The molecule has 1 rings (SSSR count). The number of thiophene rings is 1. The fraction of sp³-hybridized carbons (Fsp3) is 0.643. The van der Waals surface area contributed by atoms with Crippen LogP contribution in [0.1, 0.15) is 44.9 Å². The van der Waals surface area contributed by atoms with E-state index in [1.807, 2.05) is 6.92 Å². The van der Waals surface area contributed by atoms with Gasteiger partial charge in [0, 0.05) is 21.6 Å². The highest BCUT2D eigenvalue weighted by molar-refractivity contribution is 8.15. The van der Waals surface area contributed by atoms with E-state index in [4.69, 9.17) is 10.7 Å². The summed E-state index contributed by atoms with van der Waals surface area (Å²) < 4.78 is 22.4. The summed E-state index contributed by atoms with van der Waals surface area (Å²) in [7, 11) is 1.56. The Kier molecular flexibility index (Phi) is 7.16. The van der Waals surface area contributed by atoms with Gasteiger partial charge in [-0.1, -0.05) is 26.7 Å².